The number of ether oxygens (including phenoxy) is 1. The number of carbonyl (C=O) groups is 1. The van der Waals surface area contributed by atoms with Gasteiger partial charge in [-0.15, -0.1) is 0 Å². The molecular weight excluding hydrogens is 258 g/mol. The topological polar surface area (TPSA) is 96.5 Å². The zero-order chi connectivity index (χ0) is 13.8. The highest BCUT2D eigenvalue weighted by atomic mass is 32.2. The van der Waals surface area contributed by atoms with Crippen LogP contribution in [0, 0.1) is 0 Å². The Labute approximate surface area is 108 Å². The zero-order valence-corrected chi connectivity index (χ0v) is 11.8. The first-order valence-corrected chi connectivity index (χ1v) is 7.40. The van der Waals surface area contributed by atoms with Crippen LogP contribution in [0.4, 0.5) is 4.79 Å². The van der Waals surface area contributed by atoms with Gasteiger partial charge in [0.25, 0.3) is 0 Å². The van der Waals surface area contributed by atoms with Gasteiger partial charge in [0.1, 0.15) is 5.60 Å². The van der Waals surface area contributed by atoms with Crippen LogP contribution in [-0.4, -0.2) is 39.2 Å². The fourth-order valence-corrected chi connectivity index (χ4v) is 2.59. The smallest absolute Gasteiger partial charge is 0.422 e. The van der Waals surface area contributed by atoms with Gasteiger partial charge < -0.3 is 10.1 Å². The largest absolute Gasteiger partial charge is 0.443 e. The molecule has 0 saturated carbocycles. The van der Waals surface area contributed by atoms with E-state index in [4.69, 9.17) is 4.74 Å². The second-order valence-corrected chi connectivity index (χ2v) is 6.70. The Morgan fingerprint density at radius 1 is 1.28 bits per heavy atom. The van der Waals surface area contributed by atoms with Crippen molar-refractivity contribution >= 4 is 16.3 Å². The van der Waals surface area contributed by atoms with E-state index < -0.39 is 21.9 Å². The number of hydrogen-bond acceptors (Lipinski definition) is 5. The molecule has 0 aromatic rings. The van der Waals surface area contributed by atoms with Gasteiger partial charge in [-0.2, -0.15) is 13.1 Å². The second kappa shape index (κ2) is 5.85. The summed E-state index contributed by atoms with van der Waals surface area (Å²) in [5.41, 5.74) is -0.728. The zero-order valence-electron chi connectivity index (χ0n) is 10.9. The van der Waals surface area contributed by atoms with Crippen molar-refractivity contribution in [1.29, 1.82) is 0 Å². The highest BCUT2D eigenvalue weighted by Crippen LogP contribution is 2.07. The lowest BCUT2D eigenvalue weighted by Crippen LogP contribution is -2.49. The van der Waals surface area contributed by atoms with Crippen LogP contribution < -0.4 is 14.8 Å². The quantitative estimate of drug-likeness (QED) is 0.681. The highest BCUT2D eigenvalue weighted by molar-refractivity contribution is 7.88. The summed E-state index contributed by atoms with van der Waals surface area (Å²) in [6.45, 7) is 6.53. The van der Waals surface area contributed by atoms with Gasteiger partial charge in [-0.3, -0.25) is 0 Å². The number of amides is 1. The summed E-state index contributed by atoms with van der Waals surface area (Å²) in [5.74, 6) is 0. The molecule has 1 aliphatic rings. The van der Waals surface area contributed by atoms with Crippen LogP contribution in [0.15, 0.2) is 0 Å². The summed E-state index contributed by atoms with van der Waals surface area (Å²) in [5, 5.41) is 3.13. The van der Waals surface area contributed by atoms with Gasteiger partial charge in [0, 0.05) is 6.04 Å². The van der Waals surface area contributed by atoms with Gasteiger partial charge >= 0.3 is 16.3 Å². The standard InChI is InChI=1S/C10H21N3O4S/c1-10(2,3)17-9(14)13-18(15,16)12-8-4-6-11-7-5-8/h8,11-12H,4-7H2,1-3H3,(H,13,14). The molecular formula is C10H21N3O4S. The minimum absolute atomic E-state index is 0.147. The van der Waals surface area contributed by atoms with E-state index in [2.05, 4.69) is 10.0 Å². The molecule has 7 nitrogen and oxygen atoms in total. The molecule has 1 saturated heterocycles. The van der Waals surface area contributed by atoms with Crippen molar-refractivity contribution in [3.63, 3.8) is 0 Å². The number of hydrogen-bond donors (Lipinski definition) is 3. The van der Waals surface area contributed by atoms with Gasteiger partial charge in [0.2, 0.25) is 0 Å². The van der Waals surface area contributed by atoms with Crippen molar-refractivity contribution in [2.45, 2.75) is 45.3 Å². The van der Waals surface area contributed by atoms with Gasteiger partial charge in [-0.25, -0.2) is 9.52 Å². The van der Waals surface area contributed by atoms with E-state index in [1.807, 2.05) is 4.72 Å². The molecule has 1 amide bonds. The minimum Gasteiger partial charge on any atom is -0.443 e. The highest BCUT2D eigenvalue weighted by Gasteiger charge is 2.24. The van der Waals surface area contributed by atoms with E-state index in [1.165, 1.54) is 0 Å². The summed E-state index contributed by atoms with van der Waals surface area (Å²) in [6.07, 6.45) is 0.439. The molecule has 1 aliphatic heterocycles. The van der Waals surface area contributed by atoms with E-state index in [-0.39, 0.29) is 6.04 Å². The summed E-state index contributed by atoms with van der Waals surface area (Å²) < 4.78 is 32.5. The predicted molar refractivity (Wildman–Crippen MR) is 67.3 cm³/mol. The van der Waals surface area contributed by atoms with Crippen molar-refractivity contribution in [3.05, 3.63) is 0 Å². The van der Waals surface area contributed by atoms with E-state index in [0.29, 0.717) is 12.8 Å². The monoisotopic (exact) mass is 279 g/mol. The third kappa shape index (κ3) is 6.18. The van der Waals surface area contributed by atoms with Crippen molar-refractivity contribution in [2.24, 2.45) is 0 Å². The first-order valence-electron chi connectivity index (χ1n) is 5.92. The summed E-state index contributed by atoms with van der Waals surface area (Å²) >= 11 is 0. The molecule has 1 heterocycles. The van der Waals surface area contributed by atoms with Crippen molar-refractivity contribution in [3.8, 4) is 0 Å². The van der Waals surface area contributed by atoms with Crippen LogP contribution in [0.5, 0.6) is 0 Å². The lowest BCUT2D eigenvalue weighted by molar-refractivity contribution is 0.0569. The normalized spacial score (nSPS) is 18.4. The van der Waals surface area contributed by atoms with Crippen LogP contribution in [0.25, 0.3) is 0 Å². The molecule has 106 valence electrons. The van der Waals surface area contributed by atoms with Crippen molar-refractivity contribution in [2.75, 3.05) is 13.1 Å². The van der Waals surface area contributed by atoms with Gasteiger partial charge in [-0.1, -0.05) is 0 Å². The lowest BCUT2D eigenvalue weighted by atomic mass is 10.1. The second-order valence-electron chi connectivity index (χ2n) is 5.25. The fraction of sp³-hybridized carbons (Fsp3) is 0.900. The minimum atomic E-state index is -3.86. The van der Waals surface area contributed by atoms with E-state index in [0.717, 1.165) is 13.1 Å². The fourth-order valence-electron chi connectivity index (χ4n) is 1.60. The molecule has 8 heteroatoms. The maximum Gasteiger partial charge on any atom is 0.422 e. The molecule has 1 rings (SSSR count). The van der Waals surface area contributed by atoms with Crippen LogP contribution in [0.3, 0.4) is 0 Å². The maximum atomic E-state index is 11.7. The summed E-state index contributed by atoms with van der Waals surface area (Å²) in [6, 6.07) is -0.147. The molecule has 0 radical (unpaired) electrons. The maximum absolute atomic E-state index is 11.7. The van der Waals surface area contributed by atoms with Crippen LogP contribution in [0.2, 0.25) is 0 Å². The molecule has 0 atom stereocenters. The molecule has 0 aromatic heterocycles. The Bertz CT molecular complexity index is 382. The van der Waals surface area contributed by atoms with Crippen LogP contribution in [-0.2, 0) is 14.9 Å². The Hall–Kier alpha value is -0.860. The molecule has 0 unspecified atom stereocenters. The van der Waals surface area contributed by atoms with E-state index >= 15 is 0 Å². The predicted octanol–water partition coefficient (Wildman–Crippen LogP) is 0.0975. The number of nitrogens with one attached hydrogen (secondary N) is 3. The number of carbonyl (C=O) groups excluding carboxylic acids is 1. The van der Waals surface area contributed by atoms with Crippen molar-refractivity contribution < 1.29 is 17.9 Å². The molecule has 0 aliphatic carbocycles. The Kier molecular flexibility index (Phi) is 4.94. The summed E-state index contributed by atoms with van der Waals surface area (Å²) in [4.78, 5) is 11.4. The molecule has 0 bridgehead atoms. The summed E-state index contributed by atoms with van der Waals surface area (Å²) in [7, 11) is -3.86. The lowest BCUT2D eigenvalue weighted by Gasteiger charge is -2.24. The van der Waals surface area contributed by atoms with Crippen LogP contribution in [0.1, 0.15) is 33.6 Å². The van der Waals surface area contributed by atoms with Gasteiger partial charge in [0.15, 0.2) is 0 Å². The first kappa shape index (κ1) is 15.2. The first-order chi connectivity index (χ1) is 8.18. The van der Waals surface area contributed by atoms with Crippen molar-refractivity contribution in [1.82, 2.24) is 14.8 Å². The van der Waals surface area contributed by atoms with Gasteiger partial charge in [-0.05, 0) is 46.7 Å². The molecule has 0 spiro atoms. The average molecular weight is 279 g/mol. The molecule has 0 aromatic carbocycles. The Morgan fingerprint density at radius 2 is 1.83 bits per heavy atom. The van der Waals surface area contributed by atoms with E-state index in [1.54, 1.807) is 20.8 Å². The Morgan fingerprint density at radius 3 is 2.33 bits per heavy atom. The molecule has 18 heavy (non-hydrogen) atoms. The third-order valence-corrected chi connectivity index (χ3v) is 3.36. The number of rotatable bonds is 3. The molecule has 1 fully saturated rings. The Balaban J connectivity index is 2.46. The number of piperidine rings is 1. The molecule has 3 N–H and O–H groups in total. The van der Waals surface area contributed by atoms with Crippen LogP contribution >= 0.6 is 0 Å². The third-order valence-electron chi connectivity index (χ3n) is 2.28. The average Bonchev–Trinajstić information content (AvgIpc) is 2.13. The SMILES string of the molecule is CC(C)(C)OC(=O)NS(=O)(=O)NC1CCNCC1. The van der Waals surface area contributed by atoms with E-state index in [9.17, 15) is 13.2 Å². The van der Waals surface area contributed by atoms with Gasteiger partial charge in [0.05, 0.1) is 0 Å².